The fraction of sp³-hybridized carbons (Fsp3) is 0.333. The van der Waals surface area contributed by atoms with Crippen LogP contribution in [0.1, 0.15) is 48.0 Å². The quantitative estimate of drug-likeness (QED) is 0.612. The number of hydrogen-bond donors (Lipinski definition) is 2. The van der Waals surface area contributed by atoms with E-state index in [1.165, 1.54) is 0 Å². The molecular weight excluding hydrogens is 407 g/mol. The monoisotopic (exact) mass is 426 g/mol. The number of hydrogen-bond acceptors (Lipinski definition) is 2. The summed E-state index contributed by atoms with van der Waals surface area (Å²) < 4.78 is 66.9. The number of benzene rings is 2. The maximum absolute atomic E-state index is 13.8. The van der Waals surface area contributed by atoms with Crippen LogP contribution < -0.4 is 10.6 Å². The molecular formula is C21H19F5N2O2. The third kappa shape index (κ3) is 5.34. The molecule has 0 aromatic heterocycles. The summed E-state index contributed by atoms with van der Waals surface area (Å²) in [4.78, 5) is 24.6. The zero-order valence-electron chi connectivity index (χ0n) is 15.8. The lowest BCUT2D eigenvalue weighted by molar-refractivity contribution is -0.137. The molecule has 0 bridgehead atoms. The topological polar surface area (TPSA) is 58.2 Å². The molecule has 2 aromatic rings. The van der Waals surface area contributed by atoms with Gasteiger partial charge in [0.1, 0.15) is 11.6 Å². The minimum Gasteiger partial charge on any atom is -0.326 e. The molecule has 0 unspecified atom stereocenters. The molecule has 1 saturated carbocycles. The Bertz CT molecular complexity index is 953. The molecule has 1 aliphatic rings. The van der Waals surface area contributed by atoms with E-state index < -0.39 is 34.8 Å². The molecule has 160 valence electrons. The second kappa shape index (κ2) is 8.81. The highest BCUT2D eigenvalue weighted by Gasteiger charge is 2.32. The summed E-state index contributed by atoms with van der Waals surface area (Å²) in [5, 5.41) is 4.61. The second-order valence-electron chi connectivity index (χ2n) is 7.20. The van der Waals surface area contributed by atoms with Crippen LogP contribution in [0, 0.1) is 17.6 Å². The maximum Gasteiger partial charge on any atom is 0.416 e. The highest BCUT2D eigenvalue weighted by atomic mass is 19.4. The lowest BCUT2D eigenvalue weighted by Crippen LogP contribution is -2.25. The van der Waals surface area contributed by atoms with Gasteiger partial charge in [-0.2, -0.15) is 13.2 Å². The Morgan fingerprint density at radius 3 is 2.13 bits per heavy atom. The third-order valence-corrected chi connectivity index (χ3v) is 4.93. The fourth-order valence-electron chi connectivity index (χ4n) is 3.41. The Balaban J connectivity index is 1.86. The average Bonchev–Trinajstić information content (AvgIpc) is 2.69. The van der Waals surface area contributed by atoms with E-state index in [1.54, 1.807) is 0 Å². The first-order valence-corrected chi connectivity index (χ1v) is 9.43. The van der Waals surface area contributed by atoms with Crippen molar-refractivity contribution in [3.05, 3.63) is 59.2 Å². The Hall–Kier alpha value is -2.97. The van der Waals surface area contributed by atoms with E-state index in [0.29, 0.717) is 25.0 Å². The van der Waals surface area contributed by atoms with Crippen LogP contribution in [0.2, 0.25) is 0 Å². The highest BCUT2D eigenvalue weighted by Crippen LogP contribution is 2.34. The minimum absolute atomic E-state index is 0.143. The molecule has 2 aromatic carbocycles. The van der Waals surface area contributed by atoms with Gasteiger partial charge in [-0.3, -0.25) is 9.59 Å². The van der Waals surface area contributed by atoms with Crippen LogP contribution >= 0.6 is 0 Å². The summed E-state index contributed by atoms with van der Waals surface area (Å²) >= 11 is 0. The molecule has 2 N–H and O–H groups in total. The Labute approximate surface area is 169 Å². The molecule has 0 spiro atoms. The number of rotatable bonds is 4. The highest BCUT2D eigenvalue weighted by molar-refractivity contribution is 6.05. The zero-order chi connectivity index (χ0) is 21.9. The first-order valence-electron chi connectivity index (χ1n) is 9.43. The molecule has 0 heterocycles. The van der Waals surface area contributed by atoms with E-state index in [1.807, 2.05) is 0 Å². The molecule has 0 radical (unpaired) electrons. The van der Waals surface area contributed by atoms with Crippen LogP contribution in [-0.2, 0) is 11.0 Å². The molecule has 0 atom stereocenters. The molecule has 9 heteroatoms. The number of amides is 2. The number of halogens is 5. The van der Waals surface area contributed by atoms with Crippen molar-refractivity contribution in [2.75, 3.05) is 10.6 Å². The minimum atomic E-state index is -4.74. The van der Waals surface area contributed by atoms with Crippen LogP contribution in [0.15, 0.2) is 36.4 Å². The molecule has 3 rings (SSSR count). The van der Waals surface area contributed by atoms with Crippen molar-refractivity contribution in [1.82, 2.24) is 0 Å². The summed E-state index contributed by atoms with van der Waals surface area (Å²) in [5.74, 6) is -3.68. The maximum atomic E-state index is 13.8. The third-order valence-electron chi connectivity index (χ3n) is 4.93. The van der Waals surface area contributed by atoms with E-state index >= 15 is 0 Å². The summed E-state index contributed by atoms with van der Waals surface area (Å²) in [6.45, 7) is 0. The van der Waals surface area contributed by atoms with E-state index in [2.05, 4.69) is 10.6 Å². The molecule has 0 aliphatic heterocycles. The average molecular weight is 426 g/mol. The molecule has 0 saturated heterocycles. The predicted molar refractivity (Wildman–Crippen MR) is 101 cm³/mol. The summed E-state index contributed by atoms with van der Waals surface area (Å²) in [5.41, 5.74) is -2.20. The fourth-order valence-corrected chi connectivity index (χ4v) is 3.41. The van der Waals surface area contributed by atoms with Crippen molar-refractivity contribution in [3.8, 4) is 0 Å². The van der Waals surface area contributed by atoms with Crippen molar-refractivity contribution >= 4 is 23.2 Å². The van der Waals surface area contributed by atoms with Gasteiger partial charge in [-0.05, 0) is 49.2 Å². The van der Waals surface area contributed by atoms with Gasteiger partial charge in [-0.15, -0.1) is 0 Å². The van der Waals surface area contributed by atoms with Gasteiger partial charge in [-0.1, -0.05) is 19.3 Å². The van der Waals surface area contributed by atoms with Crippen LogP contribution in [0.4, 0.5) is 33.3 Å². The predicted octanol–water partition coefficient (Wildman–Crippen LogP) is 5.75. The Kier molecular flexibility index (Phi) is 6.38. The number of alkyl halides is 3. The Morgan fingerprint density at radius 2 is 1.50 bits per heavy atom. The molecule has 1 aliphatic carbocycles. The van der Waals surface area contributed by atoms with Gasteiger partial charge in [0.25, 0.3) is 5.91 Å². The van der Waals surface area contributed by atoms with Crippen molar-refractivity contribution in [3.63, 3.8) is 0 Å². The lowest BCUT2D eigenvalue weighted by Gasteiger charge is -2.21. The van der Waals surface area contributed by atoms with Crippen LogP contribution in [-0.4, -0.2) is 11.8 Å². The SMILES string of the molecule is O=C(Nc1cc(NC(=O)C2CCCCC2)cc(C(F)(F)F)c1)c1cc(F)ccc1F. The van der Waals surface area contributed by atoms with Crippen LogP contribution in [0.25, 0.3) is 0 Å². The van der Waals surface area contributed by atoms with Gasteiger partial charge in [-0.25, -0.2) is 8.78 Å². The van der Waals surface area contributed by atoms with Crippen molar-refractivity contribution in [1.29, 1.82) is 0 Å². The number of carbonyl (C=O) groups excluding carboxylic acids is 2. The molecule has 1 fully saturated rings. The van der Waals surface area contributed by atoms with Crippen molar-refractivity contribution in [2.45, 2.75) is 38.3 Å². The van der Waals surface area contributed by atoms with Gasteiger partial charge in [0.2, 0.25) is 5.91 Å². The number of carbonyl (C=O) groups is 2. The van der Waals surface area contributed by atoms with Gasteiger partial charge < -0.3 is 10.6 Å². The molecule has 30 heavy (non-hydrogen) atoms. The second-order valence-corrected chi connectivity index (χ2v) is 7.20. The van der Waals surface area contributed by atoms with E-state index in [4.69, 9.17) is 0 Å². The first kappa shape index (κ1) is 21.7. The van der Waals surface area contributed by atoms with Crippen LogP contribution in [0.5, 0.6) is 0 Å². The standard InChI is InChI=1S/C21H19F5N2O2/c22-14-6-7-18(23)17(10-14)20(30)28-16-9-13(21(24,25)26)8-15(11-16)27-19(29)12-4-2-1-3-5-12/h6-12H,1-5H2,(H,27,29)(H,28,30). The van der Waals surface area contributed by atoms with Crippen molar-refractivity contribution < 1.29 is 31.5 Å². The lowest BCUT2D eigenvalue weighted by atomic mass is 9.88. The van der Waals surface area contributed by atoms with Gasteiger partial charge in [0.05, 0.1) is 11.1 Å². The smallest absolute Gasteiger partial charge is 0.326 e. The van der Waals surface area contributed by atoms with E-state index in [0.717, 1.165) is 43.5 Å². The van der Waals surface area contributed by atoms with Crippen molar-refractivity contribution in [2.24, 2.45) is 5.92 Å². The van der Waals surface area contributed by atoms with Gasteiger partial charge in [0.15, 0.2) is 0 Å². The van der Waals surface area contributed by atoms with E-state index in [-0.39, 0.29) is 23.2 Å². The summed E-state index contributed by atoms with van der Waals surface area (Å²) in [7, 11) is 0. The number of nitrogens with one attached hydrogen (secondary N) is 2. The normalized spacial score (nSPS) is 15.0. The largest absolute Gasteiger partial charge is 0.416 e. The van der Waals surface area contributed by atoms with Gasteiger partial charge >= 0.3 is 6.18 Å². The molecule has 4 nitrogen and oxygen atoms in total. The number of anilines is 2. The summed E-state index contributed by atoms with van der Waals surface area (Å²) in [6.07, 6.45) is -0.655. The van der Waals surface area contributed by atoms with E-state index in [9.17, 15) is 31.5 Å². The van der Waals surface area contributed by atoms with Crippen LogP contribution in [0.3, 0.4) is 0 Å². The Morgan fingerprint density at radius 1 is 0.867 bits per heavy atom. The zero-order valence-corrected chi connectivity index (χ0v) is 15.8. The van der Waals surface area contributed by atoms with Gasteiger partial charge in [0, 0.05) is 17.3 Å². The first-order chi connectivity index (χ1) is 14.1. The molecule has 2 amide bonds. The summed E-state index contributed by atoms with van der Waals surface area (Å²) in [6, 6.07) is 4.77.